The fourth-order valence-electron chi connectivity index (χ4n) is 2.69. The molecule has 1 atom stereocenters. The number of likely N-dealkylation sites (tertiary alicyclic amines) is 1. The molecule has 3 nitrogen and oxygen atoms in total. The van der Waals surface area contributed by atoms with Crippen molar-refractivity contribution in [2.45, 2.75) is 12.8 Å². The van der Waals surface area contributed by atoms with E-state index in [1.165, 1.54) is 19.4 Å². The summed E-state index contributed by atoms with van der Waals surface area (Å²) in [4.78, 5) is 16.4. The van der Waals surface area contributed by atoms with Gasteiger partial charge in [0.15, 0.2) is 0 Å². The van der Waals surface area contributed by atoms with E-state index in [2.05, 4.69) is 11.9 Å². The van der Waals surface area contributed by atoms with Crippen LogP contribution in [0.3, 0.4) is 0 Å². The van der Waals surface area contributed by atoms with E-state index in [4.69, 9.17) is 0 Å². The van der Waals surface area contributed by atoms with Gasteiger partial charge in [-0.1, -0.05) is 18.2 Å². The molecule has 0 radical (unpaired) electrons. The Bertz CT molecular complexity index is 391. The summed E-state index contributed by atoms with van der Waals surface area (Å²) in [5.74, 6) is 0.741. The molecule has 1 saturated heterocycles. The van der Waals surface area contributed by atoms with Crippen molar-refractivity contribution >= 4 is 5.91 Å². The van der Waals surface area contributed by atoms with Crippen LogP contribution in [0.15, 0.2) is 30.3 Å². The molecule has 1 aliphatic heterocycles. The minimum atomic E-state index is 0.129. The minimum absolute atomic E-state index is 0.129. The fourth-order valence-corrected chi connectivity index (χ4v) is 2.69. The molecule has 0 aromatic heterocycles. The molecule has 1 fully saturated rings. The summed E-state index contributed by atoms with van der Waals surface area (Å²) in [7, 11) is 4.06. The van der Waals surface area contributed by atoms with Gasteiger partial charge in [0.2, 0.25) is 0 Å². The Labute approximate surface area is 109 Å². The second-order valence-corrected chi connectivity index (χ2v) is 5.32. The van der Waals surface area contributed by atoms with E-state index in [9.17, 15) is 4.79 Å². The first kappa shape index (κ1) is 13.1. The first-order chi connectivity index (χ1) is 8.66. The molecule has 18 heavy (non-hydrogen) atoms. The SMILES string of the molecule is CN1CCCC(CN(C)C(=O)c2ccccc2)C1. The lowest BCUT2D eigenvalue weighted by atomic mass is 9.98. The molecule has 1 aliphatic rings. The Morgan fingerprint density at radius 1 is 1.39 bits per heavy atom. The van der Waals surface area contributed by atoms with Crippen molar-refractivity contribution in [3.05, 3.63) is 35.9 Å². The van der Waals surface area contributed by atoms with Crippen molar-refractivity contribution in [3.63, 3.8) is 0 Å². The summed E-state index contributed by atoms with van der Waals surface area (Å²) in [6.07, 6.45) is 2.48. The van der Waals surface area contributed by atoms with E-state index in [-0.39, 0.29) is 5.91 Å². The molecular formula is C15H22N2O. The smallest absolute Gasteiger partial charge is 0.253 e. The molecule has 1 unspecified atom stereocenters. The highest BCUT2D eigenvalue weighted by Crippen LogP contribution is 2.16. The van der Waals surface area contributed by atoms with E-state index in [0.717, 1.165) is 18.7 Å². The molecule has 1 heterocycles. The molecule has 0 spiro atoms. The van der Waals surface area contributed by atoms with Crippen molar-refractivity contribution in [1.82, 2.24) is 9.80 Å². The van der Waals surface area contributed by atoms with Crippen LogP contribution in [0.25, 0.3) is 0 Å². The van der Waals surface area contributed by atoms with Crippen molar-refractivity contribution in [3.8, 4) is 0 Å². The van der Waals surface area contributed by atoms with Gasteiger partial charge in [0.1, 0.15) is 0 Å². The lowest BCUT2D eigenvalue weighted by Gasteiger charge is -2.32. The zero-order valence-electron chi connectivity index (χ0n) is 11.3. The van der Waals surface area contributed by atoms with Gasteiger partial charge in [0, 0.05) is 25.7 Å². The zero-order valence-corrected chi connectivity index (χ0v) is 11.3. The van der Waals surface area contributed by atoms with Gasteiger partial charge in [-0.05, 0) is 44.5 Å². The lowest BCUT2D eigenvalue weighted by Crippen LogP contribution is -2.39. The molecule has 0 N–H and O–H groups in total. The maximum absolute atomic E-state index is 12.2. The number of amides is 1. The van der Waals surface area contributed by atoms with Crippen LogP contribution < -0.4 is 0 Å². The Morgan fingerprint density at radius 2 is 2.11 bits per heavy atom. The minimum Gasteiger partial charge on any atom is -0.341 e. The van der Waals surface area contributed by atoms with E-state index < -0.39 is 0 Å². The molecule has 1 aromatic rings. The number of piperidine rings is 1. The molecule has 1 amide bonds. The molecule has 3 heteroatoms. The second-order valence-electron chi connectivity index (χ2n) is 5.32. The van der Waals surface area contributed by atoms with Gasteiger partial charge in [-0.25, -0.2) is 0 Å². The first-order valence-electron chi connectivity index (χ1n) is 6.66. The number of hydrogen-bond acceptors (Lipinski definition) is 2. The average molecular weight is 246 g/mol. The summed E-state index contributed by atoms with van der Waals surface area (Å²) in [5.41, 5.74) is 0.782. The third kappa shape index (κ3) is 3.33. The maximum Gasteiger partial charge on any atom is 0.253 e. The number of hydrogen-bond donors (Lipinski definition) is 0. The summed E-state index contributed by atoms with van der Waals surface area (Å²) >= 11 is 0. The van der Waals surface area contributed by atoms with Crippen LogP contribution in [0.2, 0.25) is 0 Å². The van der Waals surface area contributed by atoms with Crippen molar-refractivity contribution < 1.29 is 4.79 Å². The molecule has 1 aromatic carbocycles. The highest BCUT2D eigenvalue weighted by molar-refractivity contribution is 5.93. The molecular weight excluding hydrogens is 224 g/mol. The summed E-state index contributed by atoms with van der Waals surface area (Å²) in [5, 5.41) is 0. The Morgan fingerprint density at radius 3 is 2.78 bits per heavy atom. The van der Waals surface area contributed by atoms with E-state index in [1.54, 1.807) is 0 Å². The topological polar surface area (TPSA) is 23.6 Å². The van der Waals surface area contributed by atoms with Gasteiger partial charge < -0.3 is 9.80 Å². The highest BCUT2D eigenvalue weighted by atomic mass is 16.2. The summed E-state index contributed by atoms with van der Waals surface area (Å²) in [6.45, 7) is 3.15. The van der Waals surface area contributed by atoms with Crippen LogP contribution >= 0.6 is 0 Å². The van der Waals surface area contributed by atoms with Crippen LogP contribution in [0.4, 0.5) is 0 Å². The van der Waals surface area contributed by atoms with Crippen LogP contribution in [-0.4, -0.2) is 49.4 Å². The molecule has 0 saturated carbocycles. The van der Waals surface area contributed by atoms with E-state index in [0.29, 0.717) is 5.92 Å². The van der Waals surface area contributed by atoms with Gasteiger partial charge in [-0.2, -0.15) is 0 Å². The standard InChI is InChI=1S/C15H22N2O/c1-16-10-6-7-13(11-16)12-17(2)15(18)14-8-4-3-5-9-14/h3-5,8-9,13H,6-7,10-12H2,1-2H3. The Kier molecular flexibility index (Phi) is 4.37. The van der Waals surface area contributed by atoms with Crippen molar-refractivity contribution in [1.29, 1.82) is 0 Å². The van der Waals surface area contributed by atoms with Crippen LogP contribution in [0.5, 0.6) is 0 Å². The van der Waals surface area contributed by atoms with Gasteiger partial charge in [-0.3, -0.25) is 4.79 Å². The average Bonchev–Trinajstić information content (AvgIpc) is 2.39. The molecule has 0 bridgehead atoms. The van der Waals surface area contributed by atoms with Crippen molar-refractivity contribution in [2.75, 3.05) is 33.7 Å². The molecule has 0 aliphatic carbocycles. The fraction of sp³-hybridized carbons (Fsp3) is 0.533. The Balaban J connectivity index is 1.91. The number of nitrogens with zero attached hydrogens (tertiary/aromatic N) is 2. The number of benzene rings is 1. The monoisotopic (exact) mass is 246 g/mol. The third-order valence-corrected chi connectivity index (χ3v) is 3.62. The number of carbonyl (C=O) groups excluding carboxylic acids is 1. The Hall–Kier alpha value is -1.35. The first-order valence-corrected chi connectivity index (χ1v) is 6.66. The van der Waals surface area contributed by atoms with Crippen LogP contribution in [0, 0.1) is 5.92 Å². The maximum atomic E-state index is 12.2. The van der Waals surface area contributed by atoms with Gasteiger partial charge in [-0.15, -0.1) is 0 Å². The second kappa shape index (κ2) is 6.01. The van der Waals surface area contributed by atoms with Gasteiger partial charge in [0.25, 0.3) is 5.91 Å². The zero-order chi connectivity index (χ0) is 13.0. The van der Waals surface area contributed by atoms with E-state index >= 15 is 0 Å². The molecule has 2 rings (SSSR count). The third-order valence-electron chi connectivity index (χ3n) is 3.62. The summed E-state index contributed by atoms with van der Waals surface area (Å²) in [6, 6.07) is 9.52. The van der Waals surface area contributed by atoms with Crippen molar-refractivity contribution in [2.24, 2.45) is 5.92 Å². The molecule has 98 valence electrons. The largest absolute Gasteiger partial charge is 0.341 e. The predicted molar refractivity (Wildman–Crippen MR) is 73.6 cm³/mol. The van der Waals surface area contributed by atoms with Crippen LogP contribution in [0.1, 0.15) is 23.2 Å². The number of carbonyl (C=O) groups is 1. The highest BCUT2D eigenvalue weighted by Gasteiger charge is 2.21. The van der Waals surface area contributed by atoms with E-state index in [1.807, 2.05) is 42.3 Å². The van der Waals surface area contributed by atoms with Gasteiger partial charge >= 0.3 is 0 Å². The normalized spacial score (nSPS) is 20.7. The quantitative estimate of drug-likeness (QED) is 0.815. The number of rotatable bonds is 3. The van der Waals surface area contributed by atoms with Gasteiger partial charge in [0.05, 0.1) is 0 Å². The summed E-state index contributed by atoms with van der Waals surface area (Å²) < 4.78 is 0. The lowest BCUT2D eigenvalue weighted by molar-refractivity contribution is 0.0741. The predicted octanol–water partition coefficient (Wildman–Crippen LogP) is 2.10. The van der Waals surface area contributed by atoms with Crippen LogP contribution in [-0.2, 0) is 0 Å².